The molecule has 7 nitrogen and oxygen atoms in total. The average molecular weight is 297 g/mol. The fourth-order valence-corrected chi connectivity index (χ4v) is 4.20. The predicted molar refractivity (Wildman–Crippen MR) is 82.1 cm³/mol. The molecule has 114 valence electrons. The first-order chi connectivity index (χ1) is 10.8. The molecule has 0 radical (unpaired) electrons. The first-order valence-corrected chi connectivity index (χ1v) is 7.95. The van der Waals surface area contributed by atoms with E-state index in [1.165, 1.54) is 25.9 Å². The van der Waals surface area contributed by atoms with Gasteiger partial charge in [-0.1, -0.05) is 0 Å². The lowest BCUT2D eigenvalue weighted by Crippen LogP contribution is -2.64. The highest BCUT2D eigenvalue weighted by Crippen LogP contribution is 2.41. The van der Waals surface area contributed by atoms with Crippen LogP contribution in [0, 0.1) is 5.92 Å². The predicted octanol–water partition coefficient (Wildman–Crippen LogP) is 0.835. The summed E-state index contributed by atoms with van der Waals surface area (Å²) in [6.45, 7) is 3.68. The Balaban J connectivity index is 1.35. The summed E-state index contributed by atoms with van der Waals surface area (Å²) in [5, 5.41) is 11.5. The van der Waals surface area contributed by atoms with E-state index < -0.39 is 0 Å². The van der Waals surface area contributed by atoms with E-state index in [0.29, 0.717) is 5.95 Å². The molecule has 7 heteroatoms. The van der Waals surface area contributed by atoms with Crippen molar-refractivity contribution in [2.75, 3.05) is 25.0 Å². The molecule has 6 rings (SSSR count). The van der Waals surface area contributed by atoms with E-state index in [0.717, 1.165) is 30.4 Å². The standard InChI is InChI=1S/C15H19N7/c1-4-15(10-21-6-2-11(15)3-7-21)19-12(1)17-14-18-13-9-16-5-8-22(13)20-14/h1,5,8-9,11,19H,2-4,6-7,10H2,(H,17,20)/t15-/m0/s1. The van der Waals surface area contributed by atoms with E-state index in [2.05, 4.69) is 36.7 Å². The fraction of sp³-hybridized carbons (Fsp3) is 0.533. The summed E-state index contributed by atoms with van der Waals surface area (Å²) in [7, 11) is 0. The number of nitrogens with one attached hydrogen (secondary N) is 2. The van der Waals surface area contributed by atoms with Gasteiger partial charge in [-0.3, -0.25) is 4.98 Å². The van der Waals surface area contributed by atoms with Gasteiger partial charge in [0.15, 0.2) is 5.65 Å². The fourth-order valence-electron chi connectivity index (χ4n) is 4.20. The maximum Gasteiger partial charge on any atom is 0.248 e. The van der Waals surface area contributed by atoms with E-state index in [1.54, 1.807) is 23.1 Å². The molecule has 6 heterocycles. The molecule has 3 saturated heterocycles. The zero-order valence-electron chi connectivity index (χ0n) is 12.4. The maximum atomic E-state index is 4.44. The molecule has 2 bridgehead atoms. The number of nitrogens with zero attached hydrogens (tertiary/aromatic N) is 5. The van der Waals surface area contributed by atoms with Crippen molar-refractivity contribution >= 4 is 11.6 Å². The molecule has 0 aliphatic carbocycles. The Kier molecular flexibility index (Phi) is 2.49. The van der Waals surface area contributed by atoms with Gasteiger partial charge in [-0.15, -0.1) is 5.10 Å². The third-order valence-corrected chi connectivity index (χ3v) is 5.32. The number of anilines is 1. The van der Waals surface area contributed by atoms with E-state index in [4.69, 9.17) is 0 Å². The molecule has 22 heavy (non-hydrogen) atoms. The number of hydrogen-bond acceptors (Lipinski definition) is 6. The summed E-state index contributed by atoms with van der Waals surface area (Å²) in [5.41, 5.74) is 0.973. The molecule has 0 saturated carbocycles. The summed E-state index contributed by atoms with van der Waals surface area (Å²) in [4.78, 5) is 11.1. The van der Waals surface area contributed by atoms with Crippen molar-refractivity contribution in [2.45, 2.75) is 24.8 Å². The molecule has 3 fully saturated rings. The zero-order chi connectivity index (χ0) is 14.6. The average Bonchev–Trinajstić information content (AvgIpc) is 3.12. The minimum absolute atomic E-state index is 0.222. The highest BCUT2D eigenvalue weighted by molar-refractivity contribution is 5.44. The van der Waals surface area contributed by atoms with Crippen molar-refractivity contribution in [2.24, 2.45) is 5.92 Å². The van der Waals surface area contributed by atoms with Crippen LogP contribution < -0.4 is 10.6 Å². The van der Waals surface area contributed by atoms with Gasteiger partial charge in [0.05, 0.1) is 11.7 Å². The molecular weight excluding hydrogens is 278 g/mol. The van der Waals surface area contributed by atoms with Gasteiger partial charge >= 0.3 is 0 Å². The lowest BCUT2D eigenvalue weighted by Gasteiger charge is -2.52. The molecule has 0 amide bonds. The van der Waals surface area contributed by atoms with E-state index in [9.17, 15) is 0 Å². The minimum atomic E-state index is 0.222. The summed E-state index contributed by atoms with van der Waals surface area (Å²) >= 11 is 0. The highest BCUT2D eigenvalue weighted by Gasteiger charge is 2.48. The molecule has 1 atom stereocenters. The molecule has 2 aromatic heterocycles. The van der Waals surface area contributed by atoms with E-state index in [1.807, 2.05) is 0 Å². The monoisotopic (exact) mass is 297 g/mol. The van der Waals surface area contributed by atoms with Crippen molar-refractivity contribution in [3.8, 4) is 0 Å². The normalized spacial score (nSPS) is 33.2. The van der Waals surface area contributed by atoms with Crippen LogP contribution >= 0.6 is 0 Å². The Morgan fingerprint density at radius 2 is 2.23 bits per heavy atom. The third kappa shape index (κ3) is 1.81. The first-order valence-electron chi connectivity index (χ1n) is 7.95. The number of rotatable bonds is 2. The molecular formula is C15H19N7. The number of hydrogen-bond donors (Lipinski definition) is 2. The van der Waals surface area contributed by atoms with Gasteiger partial charge in [0.25, 0.3) is 0 Å². The number of piperidine rings is 3. The SMILES string of the molecule is C1=C(Nc2nc3cnccn3n2)N[C@@]2(C1)CN1CCC2CC1. The molecule has 4 aliphatic heterocycles. The Bertz CT molecular complexity index is 710. The quantitative estimate of drug-likeness (QED) is 0.856. The molecule has 2 N–H and O–H groups in total. The van der Waals surface area contributed by atoms with Crippen molar-refractivity contribution in [3.05, 3.63) is 30.5 Å². The summed E-state index contributed by atoms with van der Waals surface area (Å²) in [5.74, 6) is 2.44. The minimum Gasteiger partial charge on any atom is -0.364 e. The summed E-state index contributed by atoms with van der Waals surface area (Å²) < 4.78 is 1.73. The lowest BCUT2D eigenvalue weighted by atomic mass is 9.72. The van der Waals surface area contributed by atoms with Crippen LogP contribution in [0.1, 0.15) is 19.3 Å². The second kappa shape index (κ2) is 4.42. The van der Waals surface area contributed by atoms with Gasteiger partial charge < -0.3 is 15.5 Å². The van der Waals surface area contributed by atoms with Crippen molar-refractivity contribution < 1.29 is 0 Å². The topological polar surface area (TPSA) is 70.4 Å². The van der Waals surface area contributed by atoms with Crippen LogP contribution in [0.25, 0.3) is 5.65 Å². The second-order valence-electron chi connectivity index (χ2n) is 6.59. The smallest absolute Gasteiger partial charge is 0.248 e. The van der Waals surface area contributed by atoms with Crippen LogP contribution in [0.4, 0.5) is 5.95 Å². The van der Waals surface area contributed by atoms with Gasteiger partial charge in [-0.2, -0.15) is 4.98 Å². The van der Waals surface area contributed by atoms with Gasteiger partial charge in [-0.05, 0) is 44.3 Å². The summed E-state index contributed by atoms with van der Waals surface area (Å²) in [6.07, 6.45) is 11.2. The van der Waals surface area contributed by atoms with Crippen LogP contribution in [0.2, 0.25) is 0 Å². The Morgan fingerprint density at radius 1 is 1.32 bits per heavy atom. The summed E-state index contributed by atoms with van der Waals surface area (Å²) in [6, 6.07) is 0. The van der Waals surface area contributed by atoms with Crippen molar-refractivity contribution in [3.63, 3.8) is 0 Å². The van der Waals surface area contributed by atoms with Gasteiger partial charge in [0.2, 0.25) is 5.95 Å². The molecule has 1 spiro atoms. The molecule has 0 unspecified atom stereocenters. The van der Waals surface area contributed by atoms with Crippen LogP contribution in [0.3, 0.4) is 0 Å². The lowest BCUT2D eigenvalue weighted by molar-refractivity contribution is 0.0189. The van der Waals surface area contributed by atoms with Crippen LogP contribution in [-0.2, 0) is 0 Å². The molecule has 0 aromatic carbocycles. The van der Waals surface area contributed by atoms with E-state index >= 15 is 0 Å². The van der Waals surface area contributed by atoms with Crippen LogP contribution in [-0.4, -0.2) is 49.7 Å². The molecule has 4 aliphatic rings. The van der Waals surface area contributed by atoms with Gasteiger partial charge in [-0.25, -0.2) is 4.52 Å². The first kappa shape index (κ1) is 12.4. The Hall–Kier alpha value is -2.15. The van der Waals surface area contributed by atoms with Gasteiger partial charge in [0.1, 0.15) is 5.82 Å². The van der Waals surface area contributed by atoms with E-state index in [-0.39, 0.29) is 5.54 Å². The largest absolute Gasteiger partial charge is 0.364 e. The Labute approximate surface area is 128 Å². The maximum absolute atomic E-state index is 4.44. The van der Waals surface area contributed by atoms with Crippen LogP contribution in [0.15, 0.2) is 30.5 Å². The van der Waals surface area contributed by atoms with Crippen molar-refractivity contribution in [1.82, 2.24) is 29.8 Å². The number of fused-ring (bicyclic) bond motifs is 3. The highest BCUT2D eigenvalue weighted by atomic mass is 15.4. The second-order valence-corrected chi connectivity index (χ2v) is 6.59. The number of aromatic nitrogens is 4. The third-order valence-electron chi connectivity index (χ3n) is 5.32. The zero-order valence-corrected chi connectivity index (χ0v) is 12.4. The van der Waals surface area contributed by atoms with Gasteiger partial charge in [0, 0.05) is 18.9 Å². The van der Waals surface area contributed by atoms with Crippen LogP contribution in [0.5, 0.6) is 0 Å². The molecule has 2 aromatic rings. The van der Waals surface area contributed by atoms with Crippen molar-refractivity contribution in [1.29, 1.82) is 0 Å². The Morgan fingerprint density at radius 3 is 3.00 bits per heavy atom.